The van der Waals surface area contributed by atoms with Crippen LogP contribution in [0, 0.1) is 10.1 Å². The van der Waals surface area contributed by atoms with Gasteiger partial charge in [-0.3, -0.25) is 19.6 Å². The topological polar surface area (TPSA) is 87.3 Å². The minimum atomic E-state index is -0.465. The summed E-state index contributed by atoms with van der Waals surface area (Å²) >= 11 is 0. The number of nitrogens with zero attached hydrogens (tertiary/aromatic N) is 3. The number of Topliss-reactive ketones (excluding diaryl/α,β-unsaturated/α-hetero) is 1. The van der Waals surface area contributed by atoms with Crippen molar-refractivity contribution < 1.29 is 14.5 Å². The molecular weight excluding hydrogens is 238 g/mol. The summed E-state index contributed by atoms with van der Waals surface area (Å²) in [5.74, 6) is -0.202. The van der Waals surface area contributed by atoms with Crippen LogP contribution in [0.2, 0.25) is 0 Å². The fourth-order valence-electron chi connectivity index (χ4n) is 1.82. The minimum Gasteiger partial charge on any atom is -0.377 e. The Bertz CT molecular complexity index is 453. The molecule has 0 aromatic carbocycles. The van der Waals surface area contributed by atoms with Crippen LogP contribution in [-0.4, -0.2) is 34.2 Å². The number of aromatic nitrogens is 2. The third kappa shape index (κ3) is 3.13. The standard InChI is InChI=1S/C11H17N3O4/c1-4-5-9-11(14(16)17)10(13(2)12-9)6-8(15)7-18-3/h4-7H2,1-3H3. The molecule has 18 heavy (non-hydrogen) atoms. The highest BCUT2D eigenvalue weighted by Gasteiger charge is 2.27. The predicted octanol–water partition coefficient (Wildman–Crippen LogP) is 1.04. The van der Waals surface area contributed by atoms with Crippen molar-refractivity contribution in [2.45, 2.75) is 26.2 Å². The van der Waals surface area contributed by atoms with Crippen LogP contribution >= 0.6 is 0 Å². The van der Waals surface area contributed by atoms with Crippen molar-refractivity contribution in [3.05, 3.63) is 21.5 Å². The van der Waals surface area contributed by atoms with Gasteiger partial charge in [0.05, 0.1) is 11.3 Å². The van der Waals surface area contributed by atoms with Crippen LogP contribution in [0.15, 0.2) is 0 Å². The van der Waals surface area contributed by atoms with Gasteiger partial charge in [0.15, 0.2) is 5.78 Å². The summed E-state index contributed by atoms with van der Waals surface area (Å²) in [6.45, 7) is 1.87. The Morgan fingerprint density at radius 2 is 2.22 bits per heavy atom. The number of carbonyl (C=O) groups excluding carboxylic acids is 1. The van der Waals surface area contributed by atoms with Gasteiger partial charge in [-0.1, -0.05) is 13.3 Å². The van der Waals surface area contributed by atoms with E-state index in [0.29, 0.717) is 17.8 Å². The number of nitro groups is 1. The van der Waals surface area contributed by atoms with E-state index in [9.17, 15) is 14.9 Å². The number of ether oxygens (including phenoxy) is 1. The zero-order valence-corrected chi connectivity index (χ0v) is 10.8. The summed E-state index contributed by atoms with van der Waals surface area (Å²) < 4.78 is 6.13. The van der Waals surface area contributed by atoms with Gasteiger partial charge in [0, 0.05) is 14.2 Å². The van der Waals surface area contributed by atoms with Crippen LogP contribution in [0.3, 0.4) is 0 Å². The summed E-state index contributed by atoms with van der Waals surface area (Å²) in [7, 11) is 3.03. The molecule has 0 unspecified atom stereocenters. The summed E-state index contributed by atoms with van der Waals surface area (Å²) in [6, 6.07) is 0. The Morgan fingerprint density at radius 1 is 1.56 bits per heavy atom. The van der Waals surface area contributed by atoms with E-state index in [4.69, 9.17) is 4.74 Å². The second-order valence-electron chi connectivity index (χ2n) is 4.02. The van der Waals surface area contributed by atoms with E-state index in [1.54, 1.807) is 7.05 Å². The first-order valence-corrected chi connectivity index (χ1v) is 5.71. The molecule has 1 heterocycles. The molecular formula is C11H17N3O4. The summed E-state index contributed by atoms with van der Waals surface area (Å²) in [4.78, 5) is 22.1. The van der Waals surface area contributed by atoms with Gasteiger partial charge in [-0.2, -0.15) is 5.10 Å². The van der Waals surface area contributed by atoms with E-state index in [-0.39, 0.29) is 24.5 Å². The van der Waals surface area contributed by atoms with Crippen molar-refractivity contribution in [2.24, 2.45) is 7.05 Å². The summed E-state index contributed by atoms with van der Waals surface area (Å²) in [5.41, 5.74) is 0.736. The average Bonchev–Trinajstić information content (AvgIpc) is 2.56. The molecule has 1 rings (SSSR count). The van der Waals surface area contributed by atoms with Crippen LogP contribution in [-0.2, 0) is 29.4 Å². The molecule has 0 atom stereocenters. The second kappa shape index (κ2) is 6.25. The van der Waals surface area contributed by atoms with Gasteiger partial charge < -0.3 is 4.74 Å². The van der Waals surface area contributed by atoms with E-state index in [0.717, 1.165) is 6.42 Å². The molecule has 0 saturated carbocycles. The molecule has 0 aliphatic heterocycles. The molecule has 0 aliphatic carbocycles. The van der Waals surface area contributed by atoms with Crippen molar-refractivity contribution in [3.8, 4) is 0 Å². The van der Waals surface area contributed by atoms with Gasteiger partial charge in [-0.15, -0.1) is 0 Å². The Balaban J connectivity index is 3.09. The lowest BCUT2D eigenvalue weighted by atomic mass is 10.1. The molecule has 1 aromatic rings. The van der Waals surface area contributed by atoms with E-state index in [1.165, 1.54) is 11.8 Å². The van der Waals surface area contributed by atoms with Crippen LogP contribution in [0.1, 0.15) is 24.7 Å². The molecule has 100 valence electrons. The van der Waals surface area contributed by atoms with Crippen LogP contribution in [0.4, 0.5) is 5.69 Å². The highest BCUT2D eigenvalue weighted by atomic mass is 16.6. The maximum absolute atomic E-state index is 11.5. The van der Waals surface area contributed by atoms with E-state index < -0.39 is 4.92 Å². The van der Waals surface area contributed by atoms with Crippen LogP contribution < -0.4 is 0 Å². The van der Waals surface area contributed by atoms with Crippen molar-refractivity contribution in [3.63, 3.8) is 0 Å². The Labute approximate surface area is 105 Å². The third-order valence-electron chi connectivity index (χ3n) is 2.55. The number of ketones is 1. The Hall–Kier alpha value is -1.76. The third-order valence-corrected chi connectivity index (χ3v) is 2.55. The summed E-state index contributed by atoms with van der Waals surface area (Å²) in [5, 5.41) is 15.2. The minimum absolute atomic E-state index is 0.0304. The number of hydrogen-bond donors (Lipinski definition) is 0. The first-order chi connectivity index (χ1) is 8.51. The smallest absolute Gasteiger partial charge is 0.313 e. The summed E-state index contributed by atoms with van der Waals surface area (Å²) in [6.07, 6.45) is 1.27. The van der Waals surface area contributed by atoms with Crippen LogP contribution in [0.5, 0.6) is 0 Å². The second-order valence-corrected chi connectivity index (χ2v) is 4.02. The number of methoxy groups -OCH3 is 1. The average molecular weight is 255 g/mol. The monoisotopic (exact) mass is 255 g/mol. The SMILES string of the molecule is CCCc1nn(C)c(CC(=O)COC)c1[N+](=O)[O-]. The fraction of sp³-hybridized carbons (Fsp3) is 0.636. The lowest BCUT2D eigenvalue weighted by molar-refractivity contribution is -0.386. The molecule has 0 radical (unpaired) electrons. The first kappa shape index (κ1) is 14.3. The van der Waals surface area contributed by atoms with Gasteiger partial charge in [-0.05, 0) is 6.42 Å². The molecule has 0 aliphatic rings. The molecule has 7 nitrogen and oxygen atoms in total. The quantitative estimate of drug-likeness (QED) is 0.536. The van der Waals surface area contributed by atoms with Crippen molar-refractivity contribution in [1.82, 2.24) is 9.78 Å². The molecule has 1 aromatic heterocycles. The lowest BCUT2D eigenvalue weighted by Crippen LogP contribution is -2.13. The zero-order valence-electron chi connectivity index (χ0n) is 10.8. The molecule has 0 N–H and O–H groups in total. The Morgan fingerprint density at radius 3 is 2.72 bits per heavy atom. The molecule has 0 fully saturated rings. The van der Waals surface area contributed by atoms with Crippen molar-refractivity contribution in [2.75, 3.05) is 13.7 Å². The van der Waals surface area contributed by atoms with Crippen molar-refractivity contribution in [1.29, 1.82) is 0 Å². The van der Waals surface area contributed by atoms with Gasteiger partial charge in [0.1, 0.15) is 18.0 Å². The number of carbonyl (C=O) groups is 1. The van der Waals surface area contributed by atoms with E-state index >= 15 is 0 Å². The molecule has 0 bridgehead atoms. The van der Waals surface area contributed by atoms with Gasteiger partial charge in [0.2, 0.25) is 0 Å². The lowest BCUT2D eigenvalue weighted by Gasteiger charge is -2.00. The first-order valence-electron chi connectivity index (χ1n) is 5.71. The van der Waals surface area contributed by atoms with Gasteiger partial charge in [0.25, 0.3) is 0 Å². The highest BCUT2D eigenvalue weighted by Crippen LogP contribution is 2.24. The van der Waals surface area contributed by atoms with E-state index in [2.05, 4.69) is 5.10 Å². The fourth-order valence-corrected chi connectivity index (χ4v) is 1.82. The highest BCUT2D eigenvalue weighted by molar-refractivity contribution is 5.82. The van der Waals surface area contributed by atoms with Crippen molar-refractivity contribution >= 4 is 11.5 Å². The number of rotatable bonds is 7. The Kier molecular flexibility index (Phi) is 4.96. The molecule has 7 heteroatoms. The predicted molar refractivity (Wildman–Crippen MR) is 64.4 cm³/mol. The van der Waals surface area contributed by atoms with Gasteiger partial charge in [-0.25, -0.2) is 0 Å². The van der Waals surface area contributed by atoms with E-state index in [1.807, 2.05) is 6.92 Å². The largest absolute Gasteiger partial charge is 0.377 e. The number of aryl methyl sites for hydroxylation is 2. The number of hydrogen-bond acceptors (Lipinski definition) is 5. The van der Waals surface area contributed by atoms with Gasteiger partial charge >= 0.3 is 5.69 Å². The van der Waals surface area contributed by atoms with Crippen LogP contribution in [0.25, 0.3) is 0 Å². The maximum atomic E-state index is 11.5. The molecule has 0 spiro atoms. The molecule has 0 amide bonds. The normalized spacial score (nSPS) is 10.6. The maximum Gasteiger partial charge on any atom is 0.313 e. The molecule has 0 saturated heterocycles. The zero-order chi connectivity index (χ0) is 13.7.